The van der Waals surface area contributed by atoms with Crippen molar-refractivity contribution in [2.45, 2.75) is 71.5 Å². The lowest BCUT2D eigenvalue weighted by Gasteiger charge is -2.22. The van der Waals surface area contributed by atoms with Crippen LogP contribution < -0.4 is 5.32 Å². The molecule has 1 aliphatic heterocycles. The maximum Gasteiger partial charge on any atom is 0.247 e. The number of amides is 2. The molecule has 5 nitrogen and oxygen atoms in total. The second kappa shape index (κ2) is 8.49. The van der Waals surface area contributed by atoms with E-state index in [1.165, 1.54) is 4.90 Å². The van der Waals surface area contributed by atoms with Crippen molar-refractivity contribution in [2.24, 2.45) is 0 Å². The lowest BCUT2D eigenvalue weighted by molar-refractivity contribution is -0.141. The van der Waals surface area contributed by atoms with Gasteiger partial charge < -0.3 is 10.2 Å². The Hall–Kier alpha value is -0.940. The Kier molecular flexibility index (Phi) is 7.32. The minimum Gasteiger partial charge on any atom is -0.305 e. The number of carbonyl (C=O) groups excluding carboxylic acids is 2. The van der Waals surface area contributed by atoms with E-state index in [2.05, 4.69) is 31.1 Å². The molecule has 21 heavy (non-hydrogen) atoms. The first-order valence-corrected chi connectivity index (χ1v) is 8.18. The van der Waals surface area contributed by atoms with Crippen LogP contribution in [0, 0.1) is 0 Å². The standard InChI is InChI=1S/C16H31N3O2/c1-6-13(4)19-15(20)11-14(16(19)21)17-9-7-8-10-18(5)12(2)3/h12-14,17H,6-11H2,1-5H3. The Balaban J connectivity index is 2.28. The van der Waals surface area contributed by atoms with E-state index < -0.39 is 0 Å². The SMILES string of the molecule is CCC(C)N1C(=O)CC(NCCCCN(C)C(C)C)C1=O. The number of nitrogens with one attached hydrogen (secondary N) is 1. The van der Waals surface area contributed by atoms with Gasteiger partial charge in [0.25, 0.3) is 0 Å². The third-order valence-electron chi connectivity index (χ3n) is 4.42. The van der Waals surface area contributed by atoms with E-state index in [1.54, 1.807) is 0 Å². The van der Waals surface area contributed by atoms with Gasteiger partial charge in [0.15, 0.2) is 0 Å². The van der Waals surface area contributed by atoms with Gasteiger partial charge in [-0.15, -0.1) is 0 Å². The minimum absolute atomic E-state index is 0.0106. The van der Waals surface area contributed by atoms with Crippen molar-refractivity contribution in [3.8, 4) is 0 Å². The van der Waals surface area contributed by atoms with E-state index in [-0.39, 0.29) is 23.9 Å². The predicted octanol–water partition coefficient (Wildman–Crippen LogP) is 1.62. The molecule has 2 unspecified atom stereocenters. The zero-order valence-corrected chi connectivity index (χ0v) is 14.2. The molecule has 1 N–H and O–H groups in total. The molecule has 0 saturated carbocycles. The summed E-state index contributed by atoms with van der Waals surface area (Å²) in [6.07, 6.45) is 3.25. The maximum absolute atomic E-state index is 12.2. The number of rotatable bonds is 9. The molecular weight excluding hydrogens is 266 g/mol. The molecule has 2 atom stereocenters. The van der Waals surface area contributed by atoms with Gasteiger partial charge in [0, 0.05) is 12.1 Å². The van der Waals surface area contributed by atoms with E-state index >= 15 is 0 Å². The summed E-state index contributed by atoms with van der Waals surface area (Å²) in [5.74, 6) is -0.0833. The molecule has 0 bridgehead atoms. The van der Waals surface area contributed by atoms with Gasteiger partial charge in [-0.25, -0.2) is 0 Å². The third kappa shape index (κ3) is 5.08. The van der Waals surface area contributed by atoms with Gasteiger partial charge in [-0.1, -0.05) is 6.92 Å². The summed E-state index contributed by atoms with van der Waals surface area (Å²) in [5, 5.41) is 3.24. The molecule has 1 aliphatic rings. The van der Waals surface area contributed by atoms with Gasteiger partial charge in [-0.3, -0.25) is 14.5 Å². The highest BCUT2D eigenvalue weighted by atomic mass is 16.2. The fraction of sp³-hybridized carbons (Fsp3) is 0.875. The molecule has 1 saturated heterocycles. The summed E-state index contributed by atoms with van der Waals surface area (Å²) < 4.78 is 0. The summed E-state index contributed by atoms with van der Waals surface area (Å²) in [4.78, 5) is 27.9. The molecule has 0 aliphatic carbocycles. The lowest BCUT2D eigenvalue weighted by Crippen LogP contribution is -2.43. The van der Waals surface area contributed by atoms with Crippen LogP contribution in [0.15, 0.2) is 0 Å². The summed E-state index contributed by atoms with van der Waals surface area (Å²) in [5.41, 5.74) is 0. The number of unbranched alkanes of at least 4 members (excludes halogenated alkanes) is 1. The molecule has 0 spiro atoms. The number of hydrogen-bond donors (Lipinski definition) is 1. The monoisotopic (exact) mass is 297 g/mol. The van der Waals surface area contributed by atoms with Crippen molar-refractivity contribution in [3.05, 3.63) is 0 Å². The fourth-order valence-electron chi connectivity index (χ4n) is 2.48. The average molecular weight is 297 g/mol. The van der Waals surface area contributed by atoms with Crippen molar-refractivity contribution in [1.82, 2.24) is 15.1 Å². The van der Waals surface area contributed by atoms with Crippen LogP contribution in [-0.4, -0.2) is 59.9 Å². The predicted molar refractivity (Wildman–Crippen MR) is 85.0 cm³/mol. The van der Waals surface area contributed by atoms with Crippen LogP contribution in [0.5, 0.6) is 0 Å². The number of imide groups is 1. The van der Waals surface area contributed by atoms with Crippen molar-refractivity contribution in [3.63, 3.8) is 0 Å². The normalized spacial score (nSPS) is 20.9. The first-order valence-electron chi connectivity index (χ1n) is 8.18. The van der Waals surface area contributed by atoms with Crippen molar-refractivity contribution >= 4 is 11.8 Å². The second-order valence-electron chi connectivity index (χ2n) is 6.35. The lowest BCUT2D eigenvalue weighted by atomic mass is 10.2. The smallest absolute Gasteiger partial charge is 0.247 e. The Morgan fingerprint density at radius 1 is 1.29 bits per heavy atom. The van der Waals surface area contributed by atoms with E-state index in [0.717, 1.165) is 32.4 Å². The topological polar surface area (TPSA) is 52.7 Å². The van der Waals surface area contributed by atoms with Crippen LogP contribution in [0.3, 0.4) is 0 Å². The third-order valence-corrected chi connectivity index (χ3v) is 4.42. The Bertz CT molecular complexity index is 357. The molecular formula is C16H31N3O2. The van der Waals surface area contributed by atoms with Gasteiger partial charge in [-0.05, 0) is 60.2 Å². The summed E-state index contributed by atoms with van der Waals surface area (Å²) in [7, 11) is 2.13. The molecule has 0 aromatic carbocycles. The highest BCUT2D eigenvalue weighted by Crippen LogP contribution is 2.17. The number of likely N-dealkylation sites (tertiary alicyclic amines) is 1. The molecule has 0 radical (unpaired) electrons. The molecule has 2 amide bonds. The molecule has 1 heterocycles. The molecule has 0 aromatic heterocycles. The van der Waals surface area contributed by atoms with Gasteiger partial charge in [0.05, 0.1) is 12.5 Å². The average Bonchev–Trinajstić information content (AvgIpc) is 2.72. The fourth-order valence-corrected chi connectivity index (χ4v) is 2.48. The second-order valence-corrected chi connectivity index (χ2v) is 6.35. The molecule has 1 fully saturated rings. The zero-order chi connectivity index (χ0) is 16.0. The van der Waals surface area contributed by atoms with Crippen molar-refractivity contribution < 1.29 is 9.59 Å². The first kappa shape index (κ1) is 18.1. The highest BCUT2D eigenvalue weighted by Gasteiger charge is 2.39. The Labute approximate surface area is 129 Å². The van der Waals surface area contributed by atoms with E-state index in [4.69, 9.17) is 0 Å². The quantitative estimate of drug-likeness (QED) is 0.519. The molecule has 5 heteroatoms. The minimum atomic E-state index is -0.311. The summed E-state index contributed by atoms with van der Waals surface area (Å²) in [6.45, 7) is 10.2. The highest BCUT2D eigenvalue weighted by molar-refractivity contribution is 6.05. The first-order chi connectivity index (χ1) is 9.88. The van der Waals surface area contributed by atoms with Gasteiger partial charge in [0.1, 0.15) is 0 Å². The van der Waals surface area contributed by atoms with Gasteiger partial charge in [0.2, 0.25) is 11.8 Å². The van der Waals surface area contributed by atoms with Crippen LogP contribution in [-0.2, 0) is 9.59 Å². The number of nitrogens with zero attached hydrogens (tertiary/aromatic N) is 2. The van der Waals surface area contributed by atoms with Crippen molar-refractivity contribution in [1.29, 1.82) is 0 Å². The number of hydrogen-bond acceptors (Lipinski definition) is 4. The molecule has 1 rings (SSSR count). The largest absolute Gasteiger partial charge is 0.305 e. The Morgan fingerprint density at radius 2 is 1.95 bits per heavy atom. The van der Waals surface area contributed by atoms with Crippen LogP contribution in [0.2, 0.25) is 0 Å². The van der Waals surface area contributed by atoms with Crippen molar-refractivity contribution in [2.75, 3.05) is 20.1 Å². The van der Waals surface area contributed by atoms with E-state index in [9.17, 15) is 9.59 Å². The zero-order valence-electron chi connectivity index (χ0n) is 14.2. The van der Waals surface area contributed by atoms with Crippen LogP contribution in [0.25, 0.3) is 0 Å². The maximum atomic E-state index is 12.2. The molecule has 122 valence electrons. The molecule has 0 aromatic rings. The van der Waals surface area contributed by atoms with E-state index in [1.807, 2.05) is 13.8 Å². The van der Waals surface area contributed by atoms with Crippen LogP contribution in [0.1, 0.15) is 53.4 Å². The van der Waals surface area contributed by atoms with E-state index in [0.29, 0.717) is 12.5 Å². The van der Waals surface area contributed by atoms with Crippen LogP contribution >= 0.6 is 0 Å². The summed E-state index contributed by atoms with van der Waals surface area (Å²) >= 11 is 0. The van der Waals surface area contributed by atoms with Gasteiger partial charge in [-0.2, -0.15) is 0 Å². The van der Waals surface area contributed by atoms with Crippen LogP contribution in [0.4, 0.5) is 0 Å². The number of carbonyl (C=O) groups is 2. The van der Waals surface area contributed by atoms with Gasteiger partial charge >= 0.3 is 0 Å². The summed E-state index contributed by atoms with van der Waals surface area (Å²) in [6, 6.07) is 0.266. The Morgan fingerprint density at radius 3 is 2.52 bits per heavy atom.